The highest BCUT2D eigenvalue weighted by Crippen LogP contribution is 2.22. The fourth-order valence-electron chi connectivity index (χ4n) is 2.53. The number of fused-ring (bicyclic) bond motifs is 1. The first-order chi connectivity index (χ1) is 9.74. The molecular formula is C17H14NO2-. The van der Waals surface area contributed by atoms with E-state index in [2.05, 4.69) is 16.7 Å². The summed E-state index contributed by atoms with van der Waals surface area (Å²) in [5.41, 5.74) is 3.04. The third kappa shape index (κ3) is 2.43. The highest BCUT2D eigenvalue weighted by atomic mass is 16.4. The van der Waals surface area contributed by atoms with Gasteiger partial charge in [0.1, 0.15) is 0 Å². The smallest absolute Gasteiger partial charge is 0.0486 e. The van der Waals surface area contributed by atoms with Crippen molar-refractivity contribution in [2.24, 2.45) is 0 Å². The lowest BCUT2D eigenvalue weighted by atomic mass is 10.1. The van der Waals surface area contributed by atoms with Crippen molar-refractivity contribution in [3.05, 3.63) is 71.9 Å². The number of aromatic nitrogens is 1. The van der Waals surface area contributed by atoms with E-state index in [0.29, 0.717) is 0 Å². The van der Waals surface area contributed by atoms with Crippen molar-refractivity contribution in [1.29, 1.82) is 0 Å². The van der Waals surface area contributed by atoms with Crippen molar-refractivity contribution in [2.75, 3.05) is 0 Å². The van der Waals surface area contributed by atoms with E-state index < -0.39 is 5.97 Å². The van der Waals surface area contributed by atoms with Crippen molar-refractivity contribution < 1.29 is 9.90 Å². The zero-order valence-electron chi connectivity index (χ0n) is 11.0. The molecule has 0 amide bonds. The van der Waals surface area contributed by atoms with E-state index in [0.717, 1.165) is 23.0 Å². The predicted octanol–water partition coefficient (Wildman–Crippen LogP) is 1.98. The number of carbonyl (C=O) groups excluding carboxylic acids is 1. The number of carbonyl (C=O) groups is 1. The molecule has 0 atom stereocenters. The molecule has 0 bridgehead atoms. The number of para-hydroxylation sites is 1. The molecule has 3 nitrogen and oxygen atoms in total. The second kappa shape index (κ2) is 5.21. The molecule has 0 aliphatic rings. The van der Waals surface area contributed by atoms with Crippen LogP contribution in [0, 0.1) is 0 Å². The van der Waals surface area contributed by atoms with Gasteiger partial charge in [0, 0.05) is 36.0 Å². The van der Waals surface area contributed by atoms with Gasteiger partial charge < -0.3 is 14.5 Å². The van der Waals surface area contributed by atoms with Gasteiger partial charge in [0.2, 0.25) is 0 Å². The Labute approximate surface area is 117 Å². The van der Waals surface area contributed by atoms with Crippen LogP contribution in [0.25, 0.3) is 10.9 Å². The fraction of sp³-hybridized carbons (Fsp3) is 0.118. The normalized spacial score (nSPS) is 10.8. The van der Waals surface area contributed by atoms with Crippen molar-refractivity contribution in [1.82, 2.24) is 4.57 Å². The summed E-state index contributed by atoms with van der Waals surface area (Å²) < 4.78 is 2.09. The predicted molar refractivity (Wildman–Crippen MR) is 76.2 cm³/mol. The van der Waals surface area contributed by atoms with Gasteiger partial charge in [0.05, 0.1) is 0 Å². The summed E-state index contributed by atoms with van der Waals surface area (Å²) >= 11 is 0. The van der Waals surface area contributed by atoms with Gasteiger partial charge >= 0.3 is 0 Å². The van der Waals surface area contributed by atoms with Gasteiger partial charge in [-0.05, 0) is 17.2 Å². The summed E-state index contributed by atoms with van der Waals surface area (Å²) in [6, 6.07) is 18.0. The van der Waals surface area contributed by atoms with Crippen LogP contribution < -0.4 is 5.11 Å². The lowest BCUT2D eigenvalue weighted by molar-refractivity contribution is -0.304. The average molecular weight is 264 g/mol. The fourth-order valence-corrected chi connectivity index (χ4v) is 2.53. The van der Waals surface area contributed by atoms with E-state index >= 15 is 0 Å². The molecule has 0 aliphatic carbocycles. The molecule has 3 aromatic rings. The van der Waals surface area contributed by atoms with Crippen LogP contribution in [0.1, 0.15) is 11.1 Å². The zero-order chi connectivity index (χ0) is 13.9. The minimum Gasteiger partial charge on any atom is -0.550 e. The van der Waals surface area contributed by atoms with Crippen molar-refractivity contribution >= 4 is 16.9 Å². The van der Waals surface area contributed by atoms with Crippen molar-refractivity contribution in [3.8, 4) is 0 Å². The first-order valence-corrected chi connectivity index (χ1v) is 6.54. The zero-order valence-corrected chi connectivity index (χ0v) is 11.0. The number of carboxylic acids is 1. The molecule has 0 saturated heterocycles. The van der Waals surface area contributed by atoms with Gasteiger partial charge in [0.15, 0.2) is 0 Å². The molecule has 2 aromatic carbocycles. The maximum absolute atomic E-state index is 10.9. The van der Waals surface area contributed by atoms with E-state index in [1.807, 2.05) is 48.7 Å². The highest BCUT2D eigenvalue weighted by molar-refractivity contribution is 5.87. The molecule has 20 heavy (non-hydrogen) atoms. The number of rotatable bonds is 4. The summed E-state index contributed by atoms with van der Waals surface area (Å²) in [5.74, 6) is -1.05. The molecule has 0 aliphatic heterocycles. The van der Waals surface area contributed by atoms with Gasteiger partial charge in [-0.1, -0.05) is 48.5 Å². The summed E-state index contributed by atoms with van der Waals surface area (Å²) in [4.78, 5) is 10.9. The molecule has 0 fully saturated rings. The molecule has 3 heteroatoms. The van der Waals surface area contributed by atoms with E-state index in [9.17, 15) is 9.90 Å². The largest absolute Gasteiger partial charge is 0.550 e. The summed E-state index contributed by atoms with van der Waals surface area (Å²) in [6.07, 6.45) is 1.86. The minimum absolute atomic E-state index is 0.0533. The molecule has 0 saturated carbocycles. The quantitative estimate of drug-likeness (QED) is 0.723. The lowest BCUT2D eigenvalue weighted by Gasteiger charge is -2.05. The Hall–Kier alpha value is -2.55. The molecule has 3 rings (SSSR count). The van der Waals surface area contributed by atoms with Crippen molar-refractivity contribution in [3.63, 3.8) is 0 Å². The number of nitrogens with zero attached hydrogens (tertiary/aromatic N) is 1. The Bertz CT molecular complexity index is 744. The van der Waals surface area contributed by atoms with Gasteiger partial charge in [-0.2, -0.15) is 0 Å². The number of aliphatic carboxylic acids is 1. The van der Waals surface area contributed by atoms with Gasteiger partial charge in [-0.15, -0.1) is 0 Å². The first kappa shape index (κ1) is 12.5. The van der Waals surface area contributed by atoms with Crippen LogP contribution in [-0.2, 0) is 17.8 Å². The standard InChI is InChI=1S/C17H15NO2/c19-17(20)10-14-12-18(11-13-6-2-1-3-7-13)16-9-5-4-8-15(14)16/h1-9,12H,10-11H2,(H,19,20)/p-1. The van der Waals surface area contributed by atoms with Crippen LogP contribution >= 0.6 is 0 Å². The van der Waals surface area contributed by atoms with E-state index in [1.165, 1.54) is 5.56 Å². The topological polar surface area (TPSA) is 45.1 Å². The van der Waals surface area contributed by atoms with Gasteiger partial charge in [-0.25, -0.2) is 0 Å². The van der Waals surface area contributed by atoms with Crippen LogP contribution in [0.2, 0.25) is 0 Å². The second-order valence-electron chi connectivity index (χ2n) is 4.83. The minimum atomic E-state index is -1.05. The third-order valence-electron chi connectivity index (χ3n) is 3.40. The van der Waals surface area contributed by atoms with Crippen LogP contribution in [0.3, 0.4) is 0 Å². The Morgan fingerprint density at radius 2 is 1.70 bits per heavy atom. The monoisotopic (exact) mass is 264 g/mol. The van der Waals surface area contributed by atoms with E-state index in [-0.39, 0.29) is 6.42 Å². The number of benzene rings is 2. The Balaban J connectivity index is 2.04. The van der Waals surface area contributed by atoms with Crippen molar-refractivity contribution in [2.45, 2.75) is 13.0 Å². The Morgan fingerprint density at radius 3 is 2.45 bits per heavy atom. The highest BCUT2D eigenvalue weighted by Gasteiger charge is 2.08. The Morgan fingerprint density at radius 1 is 1.00 bits per heavy atom. The third-order valence-corrected chi connectivity index (χ3v) is 3.40. The summed E-state index contributed by atoms with van der Waals surface area (Å²) in [6.45, 7) is 0.731. The molecule has 100 valence electrons. The van der Waals surface area contributed by atoms with Crippen LogP contribution in [0.15, 0.2) is 60.8 Å². The van der Waals surface area contributed by atoms with Crippen LogP contribution in [0.4, 0.5) is 0 Å². The van der Waals surface area contributed by atoms with Crippen LogP contribution in [0.5, 0.6) is 0 Å². The molecule has 0 spiro atoms. The van der Waals surface area contributed by atoms with E-state index in [4.69, 9.17) is 0 Å². The summed E-state index contributed by atoms with van der Waals surface area (Å²) in [7, 11) is 0. The molecular weight excluding hydrogens is 250 g/mol. The van der Waals surface area contributed by atoms with Gasteiger partial charge in [0.25, 0.3) is 0 Å². The average Bonchev–Trinajstić information content (AvgIpc) is 2.78. The number of hydrogen-bond donors (Lipinski definition) is 0. The van der Waals surface area contributed by atoms with E-state index in [1.54, 1.807) is 0 Å². The van der Waals surface area contributed by atoms with Gasteiger partial charge in [-0.3, -0.25) is 0 Å². The maximum Gasteiger partial charge on any atom is 0.0486 e. The number of carboxylic acid groups (broad SMARTS) is 1. The maximum atomic E-state index is 10.9. The molecule has 1 heterocycles. The first-order valence-electron chi connectivity index (χ1n) is 6.54. The molecule has 0 radical (unpaired) electrons. The summed E-state index contributed by atoms with van der Waals surface area (Å²) in [5, 5.41) is 11.8. The number of hydrogen-bond acceptors (Lipinski definition) is 2. The van der Waals surface area contributed by atoms with Crippen LogP contribution in [-0.4, -0.2) is 10.5 Å². The molecule has 1 aromatic heterocycles. The lowest BCUT2D eigenvalue weighted by Crippen LogP contribution is -2.24. The second-order valence-corrected chi connectivity index (χ2v) is 4.83. The molecule has 0 N–H and O–H groups in total. The molecule has 0 unspecified atom stereocenters. The Kier molecular flexibility index (Phi) is 3.25. The SMILES string of the molecule is O=C([O-])Cc1cn(Cc2ccccc2)c2ccccc12.